The highest BCUT2D eigenvalue weighted by atomic mass is 79.9. The molecule has 2 nitrogen and oxygen atoms in total. The van der Waals surface area contributed by atoms with Crippen LogP contribution in [0.4, 0.5) is 0 Å². The van der Waals surface area contributed by atoms with E-state index in [1.54, 1.807) is 0 Å². The third-order valence-electron chi connectivity index (χ3n) is 3.39. The molecule has 0 fully saturated rings. The first-order valence-electron chi connectivity index (χ1n) is 6.91. The Morgan fingerprint density at radius 2 is 1.94 bits per heavy atom. The van der Waals surface area contributed by atoms with Gasteiger partial charge in [-0.05, 0) is 24.5 Å². The van der Waals surface area contributed by atoms with E-state index in [0.717, 1.165) is 6.42 Å². The number of hydrazine groups is 1. The summed E-state index contributed by atoms with van der Waals surface area (Å²) in [6, 6.07) is 6.60. The molecule has 0 saturated heterocycles. The highest BCUT2D eigenvalue weighted by Crippen LogP contribution is 2.29. The summed E-state index contributed by atoms with van der Waals surface area (Å²) in [6.45, 7) is 4.36. The first-order valence-corrected chi connectivity index (χ1v) is 7.71. The average Bonchev–Trinajstić information content (AvgIpc) is 2.38. The van der Waals surface area contributed by atoms with Gasteiger partial charge in [0.15, 0.2) is 0 Å². The van der Waals surface area contributed by atoms with E-state index in [1.807, 2.05) is 0 Å². The molecule has 3 heteroatoms. The van der Waals surface area contributed by atoms with Gasteiger partial charge in [-0.15, -0.1) is 0 Å². The summed E-state index contributed by atoms with van der Waals surface area (Å²) < 4.78 is 1.18. The lowest BCUT2D eigenvalue weighted by Crippen LogP contribution is -2.28. The SMILES string of the molecule is CCCCCCCC(NN)c1cccc(C)c1Br. The summed E-state index contributed by atoms with van der Waals surface area (Å²) >= 11 is 3.66. The highest BCUT2D eigenvalue weighted by Gasteiger charge is 2.13. The van der Waals surface area contributed by atoms with Gasteiger partial charge in [0.1, 0.15) is 0 Å². The van der Waals surface area contributed by atoms with Crippen LogP contribution in [0.1, 0.15) is 62.6 Å². The van der Waals surface area contributed by atoms with Crippen molar-refractivity contribution in [2.75, 3.05) is 0 Å². The number of nitrogens with one attached hydrogen (secondary N) is 1. The number of rotatable bonds is 8. The molecule has 0 spiro atoms. The van der Waals surface area contributed by atoms with Crippen molar-refractivity contribution < 1.29 is 0 Å². The van der Waals surface area contributed by atoms with E-state index in [4.69, 9.17) is 5.84 Å². The van der Waals surface area contributed by atoms with Gasteiger partial charge in [-0.25, -0.2) is 0 Å². The lowest BCUT2D eigenvalue weighted by molar-refractivity contribution is 0.477. The molecule has 0 aliphatic carbocycles. The van der Waals surface area contributed by atoms with Crippen LogP contribution in [0.2, 0.25) is 0 Å². The summed E-state index contributed by atoms with van der Waals surface area (Å²) in [5.74, 6) is 5.69. The second-order valence-electron chi connectivity index (χ2n) is 4.90. The van der Waals surface area contributed by atoms with Crippen LogP contribution in [0, 0.1) is 6.92 Å². The van der Waals surface area contributed by atoms with Crippen LogP contribution >= 0.6 is 15.9 Å². The monoisotopic (exact) mass is 312 g/mol. The number of hydrogen-bond donors (Lipinski definition) is 2. The molecule has 0 aromatic heterocycles. The number of hydrogen-bond acceptors (Lipinski definition) is 2. The highest BCUT2D eigenvalue weighted by molar-refractivity contribution is 9.10. The number of benzene rings is 1. The molecule has 0 radical (unpaired) electrons. The van der Waals surface area contributed by atoms with Gasteiger partial charge in [0.2, 0.25) is 0 Å². The van der Waals surface area contributed by atoms with E-state index in [0.29, 0.717) is 0 Å². The maximum Gasteiger partial charge on any atom is 0.0471 e. The first kappa shape index (κ1) is 15.7. The quantitative estimate of drug-likeness (QED) is 0.417. The Balaban J connectivity index is 2.52. The van der Waals surface area contributed by atoms with Crippen molar-refractivity contribution in [3.05, 3.63) is 33.8 Å². The van der Waals surface area contributed by atoms with Gasteiger partial charge in [0.05, 0.1) is 0 Å². The average molecular weight is 313 g/mol. The van der Waals surface area contributed by atoms with E-state index in [1.165, 1.54) is 47.7 Å². The second kappa shape index (κ2) is 8.68. The van der Waals surface area contributed by atoms with Crippen molar-refractivity contribution in [1.82, 2.24) is 5.43 Å². The molecule has 1 aromatic carbocycles. The normalized spacial score (nSPS) is 12.7. The smallest absolute Gasteiger partial charge is 0.0471 e. The van der Waals surface area contributed by atoms with E-state index in [2.05, 4.69) is 53.4 Å². The summed E-state index contributed by atoms with van der Waals surface area (Å²) in [5.41, 5.74) is 5.48. The standard InChI is InChI=1S/C15H25BrN2/c1-3-4-5-6-7-11-14(18-17)13-10-8-9-12(2)15(13)16/h8-10,14,18H,3-7,11,17H2,1-2H3. The van der Waals surface area contributed by atoms with Crippen molar-refractivity contribution in [2.45, 2.75) is 58.4 Å². The van der Waals surface area contributed by atoms with Gasteiger partial charge in [-0.2, -0.15) is 0 Å². The minimum absolute atomic E-state index is 0.251. The summed E-state index contributed by atoms with van der Waals surface area (Å²) in [7, 11) is 0. The molecule has 1 rings (SSSR count). The lowest BCUT2D eigenvalue weighted by Gasteiger charge is -2.18. The fourth-order valence-corrected chi connectivity index (χ4v) is 2.76. The molecule has 1 aromatic rings. The van der Waals surface area contributed by atoms with E-state index in [-0.39, 0.29) is 6.04 Å². The zero-order valence-electron chi connectivity index (χ0n) is 11.5. The van der Waals surface area contributed by atoms with Crippen molar-refractivity contribution in [2.24, 2.45) is 5.84 Å². The molecule has 0 aliphatic heterocycles. The third-order valence-corrected chi connectivity index (χ3v) is 4.48. The van der Waals surface area contributed by atoms with Crippen LogP contribution in [0.25, 0.3) is 0 Å². The van der Waals surface area contributed by atoms with Gasteiger partial charge in [0.25, 0.3) is 0 Å². The van der Waals surface area contributed by atoms with Gasteiger partial charge >= 0.3 is 0 Å². The molecule has 102 valence electrons. The number of unbranched alkanes of at least 4 members (excludes halogenated alkanes) is 4. The molecule has 0 saturated carbocycles. The van der Waals surface area contributed by atoms with E-state index in [9.17, 15) is 0 Å². The minimum atomic E-state index is 0.251. The number of halogens is 1. The molecular weight excluding hydrogens is 288 g/mol. The molecule has 18 heavy (non-hydrogen) atoms. The van der Waals surface area contributed by atoms with Crippen molar-refractivity contribution in [1.29, 1.82) is 0 Å². The summed E-state index contributed by atoms with van der Waals surface area (Å²) in [6.07, 6.45) is 7.60. The van der Waals surface area contributed by atoms with Crippen molar-refractivity contribution >= 4 is 15.9 Å². The molecule has 3 N–H and O–H groups in total. The molecule has 0 aliphatic rings. The maximum absolute atomic E-state index is 5.69. The third kappa shape index (κ3) is 4.71. The van der Waals surface area contributed by atoms with Gasteiger partial charge in [-0.3, -0.25) is 11.3 Å². The van der Waals surface area contributed by atoms with E-state index < -0.39 is 0 Å². The second-order valence-corrected chi connectivity index (χ2v) is 5.69. The zero-order valence-corrected chi connectivity index (χ0v) is 13.1. The fourth-order valence-electron chi connectivity index (χ4n) is 2.22. The van der Waals surface area contributed by atoms with Crippen LogP contribution in [0.15, 0.2) is 22.7 Å². The Labute approximate surface area is 119 Å². The molecule has 0 bridgehead atoms. The minimum Gasteiger partial charge on any atom is -0.271 e. The molecule has 1 atom stereocenters. The van der Waals surface area contributed by atoms with Gasteiger partial charge in [0, 0.05) is 10.5 Å². The van der Waals surface area contributed by atoms with Crippen molar-refractivity contribution in [3.8, 4) is 0 Å². The lowest BCUT2D eigenvalue weighted by atomic mass is 9.99. The molecule has 1 unspecified atom stereocenters. The Bertz CT molecular complexity index is 352. The Morgan fingerprint density at radius 3 is 2.61 bits per heavy atom. The summed E-state index contributed by atoms with van der Waals surface area (Å²) in [5, 5.41) is 0. The predicted molar refractivity (Wildman–Crippen MR) is 82.3 cm³/mol. The predicted octanol–water partition coefficient (Wildman–Crippen LogP) is 4.62. The molecule has 0 amide bonds. The molecule has 0 heterocycles. The van der Waals surface area contributed by atoms with Crippen LogP contribution in [-0.2, 0) is 0 Å². The van der Waals surface area contributed by atoms with E-state index >= 15 is 0 Å². The molecular formula is C15H25BrN2. The zero-order chi connectivity index (χ0) is 13.4. The maximum atomic E-state index is 5.69. The summed E-state index contributed by atoms with van der Waals surface area (Å²) in [4.78, 5) is 0. The van der Waals surface area contributed by atoms with Crippen molar-refractivity contribution in [3.63, 3.8) is 0 Å². The Kier molecular flexibility index (Phi) is 7.56. The number of aryl methyl sites for hydroxylation is 1. The van der Waals surface area contributed by atoms with Gasteiger partial charge in [-0.1, -0.05) is 73.2 Å². The topological polar surface area (TPSA) is 38.0 Å². The largest absolute Gasteiger partial charge is 0.271 e. The van der Waals surface area contributed by atoms with Crippen LogP contribution in [0.5, 0.6) is 0 Å². The van der Waals surface area contributed by atoms with Crippen LogP contribution in [-0.4, -0.2) is 0 Å². The Morgan fingerprint density at radius 1 is 1.22 bits per heavy atom. The first-order chi connectivity index (χ1) is 8.70. The Hall–Kier alpha value is -0.380. The van der Waals surface area contributed by atoms with Crippen LogP contribution < -0.4 is 11.3 Å². The fraction of sp³-hybridized carbons (Fsp3) is 0.600. The number of nitrogens with two attached hydrogens (primary N) is 1. The van der Waals surface area contributed by atoms with Crippen LogP contribution in [0.3, 0.4) is 0 Å². The van der Waals surface area contributed by atoms with Gasteiger partial charge < -0.3 is 0 Å².